The molecule has 0 unspecified atom stereocenters. The Morgan fingerprint density at radius 1 is 1.25 bits per heavy atom. The maximum atomic E-state index is 11.7. The van der Waals surface area contributed by atoms with Gasteiger partial charge in [-0.2, -0.15) is 0 Å². The molecule has 0 fully saturated rings. The second-order valence-corrected chi connectivity index (χ2v) is 4.25. The second-order valence-electron chi connectivity index (χ2n) is 4.25. The number of carbonyl (C=O) groups excluding carboxylic acids is 2. The summed E-state index contributed by atoms with van der Waals surface area (Å²) >= 11 is 0. The molecule has 94 valence electrons. The number of nitrogens with zero attached hydrogens (tertiary/aromatic N) is 1. The van der Waals surface area contributed by atoms with Crippen LogP contribution in [0.5, 0.6) is 0 Å². The van der Waals surface area contributed by atoms with Crippen molar-refractivity contribution in [1.29, 1.82) is 0 Å². The van der Waals surface area contributed by atoms with E-state index in [4.69, 9.17) is 0 Å². The van der Waals surface area contributed by atoms with Crippen molar-refractivity contribution in [2.75, 3.05) is 26.7 Å². The Labute approximate surface area is 97.6 Å². The molecule has 0 aliphatic heterocycles. The Kier molecular flexibility index (Phi) is 6.03. The van der Waals surface area contributed by atoms with Gasteiger partial charge in [-0.1, -0.05) is 6.92 Å². The average molecular weight is 229 g/mol. The quantitative estimate of drug-likeness (QED) is 0.672. The fraction of sp³-hybridized carbons (Fsp3) is 0.818. The molecule has 0 aliphatic carbocycles. The van der Waals surface area contributed by atoms with Crippen LogP contribution in [0, 0.1) is 0 Å². The minimum absolute atomic E-state index is 0.0536. The largest absolute Gasteiger partial charge is 0.345 e. The van der Waals surface area contributed by atoms with Gasteiger partial charge >= 0.3 is 0 Å². The summed E-state index contributed by atoms with van der Waals surface area (Å²) in [5, 5.41) is 5.68. The molecular formula is C11H23N3O2. The van der Waals surface area contributed by atoms with E-state index in [1.807, 2.05) is 13.8 Å². The van der Waals surface area contributed by atoms with Gasteiger partial charge in [-0.05, 0) is 27.3 Å². The highest BCUT2D eigenvalue weighted by Gasteiger charge is 2.26. The minimum Gasteiger partial charge on any atom is -0.345 e. The normalized spacial score (nSPS) is 11.1. The molecule has 16 heavy (non-hydrogen) atoms. The Hall–Kier alpha value is -1.10. The van der Waals surface area contributed by atoms with Gasteiger partial charge < -0.3 is 15.5 Å². The molecule has 5 heteroatoms. The van der Waals surface area contributed by atoms with Gasteiger partial charge in [0.2, 0.25) is 11.8 Å². The number of carbonyl (C=O) groups is 2. The number of hydrogen-bond acceptors (Lipinski definition) is 3. The first kappa shape index (κ1) is 14.9. The fourth-order valence-corrected chi connectivity index (χ4v) is 1.21. The molecule has 0 aromatic rings. The second kappa shape index (κ2) is 6.48. The fourth-order valence-electron chi connectivity index (χ4n) is 1.21. The highest BCUT2D eigenvalue weighted by atomic mass is 16.2. The standard InChI is InChI=1S/C11H23N3O2/c1-6-13-11(3,4)10(16)12-8-9(15)14(5)7-2/h13H,6-8H2,1-5H3,(H,12,16). The van der Waals surface area contributed by atoms with E-state index in [0.29, 0.717) is 13.1 Å². The van der Waals surface area contributed by atoms with Crippen molar-refractivity contribution in [3.05, 3.63) is 0 Å². The van der Waals surface area contributed by atoms with Gasteiger partial charge in [0.15, 0.2) is 0 Å². The Morgan fingerprint density at radius 2 is 1.81 bits per heavy atom. The zero-order chi connectivity index (χ0) is 12.8. The van der Waals surface area contributed by atoms with Crippen LogP contribution in [0.4, 0.5) is 0 Å². The molecule has 0 radical (unpaired) electrons. The van der Waals surface area contributed by atoms with Gasteiger partial charge in [-0.25, -0.2) is 0 Å². The molecule has 5 nitrogen and oxygen atoms in total. The molecular weight excluding hydrogens is 206 g/mol. The zero-order valence-corrected chi connectivity index (χ0v) is 10.9. The van der Waals surface area contributed by atoms with E-state index in [9.17, 15) is 9.59 Å². The number of amides is 2. The first-order chi connectivity index (χ1) is 7.35. The number of nitrogens with one attached hydrogen (secondary N) is 2. The van der Waals surface area contributed by atoms with Crippen LogP contribution >= 0.6 is 0 Å². The smallest absolute Gasteiger partial charge is 0.241 e. The van der Waals surface area contributed by atoms with E-state index >= 15 is 0 Å². The van der Waals surface area contributed by atoms with Crippen LogP contribution in [0.3, 0.4) is 0 Å². The predicted molar refractivity (Wildman–Crippen MR) is 64.1 cm³/mol. The number of rotatable bonds is 6. The molecule has 0 saturated heterocycles. The maximum Gasteiger partial charge on any atom is 0.241 e. The van der Waals surface area contributed by atoms with Gasteiger partial charge in [-0.3, -0.25) is 9.59 Å². The molecule has 0 saturated carbocycles. The zero-order valence-electron chi connectivity index (χ0n) is 10.9. The van der Waals surface area contributed by atoms with Crippen LogP contribution in [0.25, 0.3) is 0 Å². The van der Waals surface area contributed by atoms with Gasteiger partial charge in [0, 0.05) is 13.6 Å². The van der Waals surface area contributed by atoms with Gasteiger partial charge in [0.05, 0.1) is 12.1 Å². The third-order valence-electron chi connectivity index (χ3n) is 2.49. The Morgan fingerprint density at radius 3 is 2.25 bits per heavy atom. The molecule has 0 rings (SSSR count). The lowest BCUT2D eigenvalue weighted by molar-refractivity contribution is -0.133. The lowest BCUT2D eigenvalue weighted by Crippen LogP contribution is -2.54. The SMILES string of the molecule is CCNC(C)(C)C(=O)NCC(=O)N(C)CC. The Bertz CT molecular complexity index is 252. The molecule has 0 heterocycles. The third-order valence-corrected chi connectivity index (χ3v) is 2.49. The summed E-state index contributed by atoms with van der Waals surface area (Å²) in [6.07, 6.45) is 0. The number of likely N-dealkylation sites (N-methyl/N-ethyl adjacent to an activating group) is 2. The van der Waals surface area contributed by atoms with Gasteiger partial charge in [0.25, 0.3) is 0 Å². The van der Waals surface area contributed by atoms with Crippen molar-refractivity contribution >= 4 is 11.8 Å². The lowest BCUT2D eigenvalue weighted by atomic mass is 10.0. The summed E-state index contributed by atoms with van der Waals surface area (Å²) in [5.74, 6) is -0.240. The van der Waals surface area contributed by atoms with Crippen LogP contribution in [-0.4, -0.2) is 48.9 Å². The molecule has 0 aromatic heterocycles. The molecule has 0 bridgehead atoms. The summed E-state index contributed by atoms with van der Waals surface area (Å²) in [4.78, 5) is 24.7. The van der Waals surface area contributed by atoms with Crippen LogP contribution in [0.1, 0.15) is 27.7 Å². The van der Waals surface area contributed by atoms with Crippen molar-refractivity contribution in [2.24, 2.45) is 0 Å². The molecule has 0 aliphatic rings. The predicted octanol–water partition coefficient (Wildman–Crippen LogP) is -0.0310. The van der Waals surface area contributed by atoms with Crippen LogP contribution < -0.4 is 10.6 Å². The van der Waals surface area contributed by atoms with Crippen molar-refractivity contribution in [2.45, 2.75) is 33.2 Å². The Balaban J connectivity index is 4.12. The topological polar surface area (TPSA) is 61.4 Å². The van der Waals surface area contributed by atoms with E-state index in [0.717, 1.165) is 0 Å². The molecule has 0 atom stereocenters. The van der Waals surface area contributed by atoms with E-state index in [2.05, 4.69) is 10.6 Å². The monoisotopic (exact) mass is 229 g/mol. The third kappa shape index (κ3) is 4.61. The summed E-state index contributed by atoms with van der Waals surface area (Å²) < 4.78 is 0. The van der Waals surface area contributed by atoms with E-state index in [-0.39, 0.29) is 18.4 Å². The molecule has 0 aromatic carbocycles. The van der Waals surface area contributed by atoms with Crippen molar-refractivity contribution in [1.82, 2.24) is 15.5 Å². The molecule has 2 N–H and O–H groups in total. The van der Waals surface area contributed by atoms with Gasteiger partial charge in [0.1, 0.15) is 0 Å². The van der Waals surface area contributed by atoms with Crippen LogP contribution in [-0.2, 0) is 9.59 Å². The van der Waals surface area contributed by atoms with Crippen LogP contribution in [0.15, 0.2) is 0 Å². The summed E-state index contributed by atoms with van der Waals surface area (Å²) in [7, 11) is 1.71. The van der Waals surface area contributed by atoms with Crippen molar-refractivity contribution in [3.63, 3.8) is 0 Å². The summed E-state index contributed by atoms with van der Waals surface area (Å²) in [6.45, 7) is 8.82. The van der Waals surface area contributed by atoms with Crippen molar-refractivity contribution < 1.29 is 9.59 Å². The minimum atomic E-state index is -0.639. The lowest BCUT2D eigenvalue weighted by Gasteiger charge is -2.25. The van der Waals surface area contributed by atoms with Gasteiger partial charge in [-0.15, -0.1) is 0 Å². The van der Waals surface area contributed by atoms with E-state index in [1.54, 1.807) is 25.8 Å². The van der Waals surface area contributed by atoms with Crippen LogP contribution in [0.2, 0.25) is 0 Å². The molecule has 2 amide bonds. The van der Waals surface area contributed by atoms with E-state index in [1.165, 1.54) is 0 Å². The van der Waals surface area contributed by atoms with E-state index < -0.39 is 5.54 Å². The number of hydrogen-bond donors (Lipinski definition) is 2. The molecule has 0 spiro atoms. The van der Waals surface area contributed by atoms with Crippen molar-refractivity contribution in [3.8, 4) is 0 Å². The first-order valence-electron chi connectivity index (χ1n) is 5.62. The summed E-state index contributed by atoms with van der Waals surface area (Å²) in [5.41, 5.74) is -0.639. The summed E-state index contributed by atoms with van der Waals surface area (Å²) in [6, 6.07) is 0. The first-order valence-corrected chi connectivity index (χ1v) is 5.62. The highest BCUT2D eigenvalue weighted by Crippen LogP contribution is 2.00. The average Bonchev–Trinajstić information content (AvgIpc) is 2.23. The maximum absolute atomic E-state index is 11.7. The highest BCUT2D eigenvalue weighted by molar-refractivity contribution is 5.89.